The first-order valence-corrected chi connectivity index (χ1v) is 14.0. The molecule has 2 heterocycles. The number of benzene rings is 3. The minimum absolute atomic E-state index is 0.0170. The third kappa shape index (κ3) is 5.21. The lowest BCUT2D eigenvalue weighted by atomic mass is 10.1. The van der Waals surface area contributed by atoms with Gasteiger partial charge in [-0.1, -0.05) is 18.2 Å². The Labute approximate surface area is 231 Å². The molecule has 3 aromatic carbocycles. The average Bonchev–Trinajstić information content (AvgIpc) is 3.49. The summed E-state index contributed by atoms with van der Waals surface area (Å²) in [6, 6.07) is 18.2. The van der Waals surface area contributed by atoms with Crippen molar-refractivity contribution in [2.24, 2.45) is 0 Å². The summed E-state index contributed by atoms with van der Waals surface area (Å²) in [7, 11) is -2.71. The van der Waals surface area contributed by atoms with Crippen LogP contribution < -0.4 is 14.4 Å². The van der Waals surface area contributed by atoms with E-state index in [-0.39, 0.29) is 29.3 Å². The molecule has 206 valence electrons. The molecule has 1 saturated heterocycles. The van der Waals surface area contributed by atoms with Gasteiger partial charge in [0.2, 0.25) is 15.9 Å². The Morgan fingerprint density at radius 3 is 2.35 bits per heavy atom. The molecule has 1 N–H and O–H groups in total. The fraction of sp³-hybridized carbons (Fsp3) is 0.207. The van der Waals surface area contributed by atoms with Crippen LogP contribution in [0.25, 0.3) is 10.9 Å². The maximum absolute atomic E-state index is 13.9. The highest BCUT2D eigenvalue weighted by atomic mass is 32.2. The number of methoxy groups -OCH3 is 1. The molecule has 0 saturated carbocycles. The van der Waals surface area contributed by atoms with E-state index in [0.29, 0.717) is 12.2 Å². The molecule has 2 amide bonds. The second kappa shape index (κ2) is 10.9. The van der Waals surface area contributed by atoms with Gasteiger partial charge in [-0.2, -0.15) is 4.31 Å². The van der Waals surface area contributed by atoms with Crippen molar-refractivity contribution in [1.82, 2.24) is 9.29 Å². The Morgan fingerprint density at radius 1 is 1.00 bits per heavy atom. The second-order valence-corrected chi connectivity index (χ2v) is 11.2. The van der Waals surface area contributed by atoms with Crippen LogP contribution in [0.5, 0.6) is 11.5 Å². The van der Waals surface area contributed by atoms with Gasteiger partial charge >= 0.3 is 5.97 Å². The third-order valence-corrected chi connectivity index (χ3v) is 8.69. The number of hydrogen-bond donors (Lipinski definition) is 1. The molecule has 1 aliphatic heterocycles. The standard InChI is InChI=1S/C29H27N3O7S/c1-19(33)39-23-9-7-21(8-10-23)32-28(34)17-27(29(32)35)31(40(36,37)24-13-11-22(38-2)12-14-24)16-15-20-18-30-26-6-4-3-5-25(20)26/h3-14,18,27,30H,15-17H2,1-2H3. The number of carbonyl (C=O) groups excluding carboxylic acids is 3. The number of rotatable bonds is 9. The molecule has 1 atom stereocenters. The number of esters is 1. The number of fused-ring (bicyclic) bond motifs is 1. The molecular weight excluding hydrogens is 534 g/mol. The Balaban J connectivity index is 1.47. The van der Waals surface area contributed by atoms with Crippen LogP contribution in [-0.2, 0) is 30.8 Å². The van der Waals surface area contributed by atoms with Gasteiger partial charge in [-0.25, -0.2) is 13.3 Å². The number of para-hydroxylation sites is 1. The first kappa shape index (κ1) is 27.1. The van der Waals surface area contributed by atoms with Crippen molar-refractivity contribution < 1.29 is 32.3 Å². The predicted molar refractivity (Wildman–Crippen MR) is 148 cm³/mol. The van der Waals surface area contributed by atoms with Crippen molar-refractivity contribution in [3.8, 4) is 11.5 Å². The van der Waals surface area contributed by atoms with E-state index in [1.165, 1.54) is 62.6 Å². The first-order valence-electron chi connectivity index (χ1n) is 12.5. The SMILES string of the molecule is COc1ccc(S(=O)(=O)N(CCc2c[nH]c3ccccc23)C2CC(=O)N(c3ccc(OC(C)=O)cc3)C2=O)cc1. The largest absolute Gasteiger partial charge is 0.497 e. The summed E-state index contributed by atoms with van der Waals surface area (Å²) < 4.78 is 39.2. The number of aromatic nitrogens is 1. The van der Waals surface area contributed by atoms with Crippen LogP contribution in [0.3, 0.4) is 0 Å². The second-order valence-electron chi connectivity index (χ2n) is 9.28. The number of sulfonamides is 1. The van der Waals surface area contributed by atoms with E-state index in [4.69, 9.17) is 9.47 Å². The van der Waals surface area contributed by atoms with Crippen LogP contribution in [-0.4, -0.2) is 55.2 Å². The lowest BCUT2D eigenvalue weighted by Crippen LogP contribution is -2.46. The van der Waals surface area contributed by atoms with Crippen molar-refractivity contribution in [2.75, 3.05) is 18.6 Å². The Hall–Kier alpha value is -4.48. The van der Waals surface area contributed by atoms with Crippen LogP contribution in [0.15, 0.2) is 83.9 Å². The summed E-state index contributed by atoms with van der Waals surface area (Å²) in [5.41, 5.74) is 2.06. The van der Waals surface area contributed by atoms with Gasteiger partial charge in [-0.05, 0) is 66.6 Å². The van der Waals surface area contributed by atoms with Gasteiger partial charge in [0.25, 0.3) is 5.91 Å². The van der Waals surface area contributed by atoms with Crippen LogP contribution >= 0.6 is 0 Å². The van der Waals surface area contributed by atoms with Gasteiger partial charge in [-0.15, -0.1) is 0 Å². The zero-order chi connectivity index (χ0) is 28.4. The molecule has 11 heteroatoms. The number of aromatic amines is 1. The Kier molecular flexibility index (Phi) is 7.42. The molecule has 0 spiro atoms. The van der Waals surface area contributed by atoms with Gasteiger partial charge in [0.05, 0.1) is 24.1 Å². The summed E-state index contributed by atoms with van der Waals surface area (Å²) in [5, 5.41) is 0.951. The lowest BCUT2D eigenvalue weighted by molar-refractivity contribution is -0.132. The summed E-state index contributed by atoms with van der Waals surface area (Å²) in [4.78, 5) is 42.1. The van der Waals surface area contributed by atoms with Crippen LogP contribution in [0.4, 0.5) is 5.69 Å². The molecule has 10 nitrogen and oxygen atoms in total. The van der Waals surface area contributed by atoms with E-state index < -0.39 is 33.8 Å². The maximum Gasteiger partial charge on any atom is 0.308 e. The van der Waals surface area contributed by atoms with E-state index in [1.54, 1.807) is 0 Å². The highest BCUT2D eigenvalue weighted by Gasteiger charge is 2.46. The Bertz CT molecular complexity index is 1680. The zero-order valence-corrected chi connectivity index (χ0v) is 22.7. The summed E-state index contributed by atoms with van der Waals surface area (Å²) in [5.74, 6) is -0.941. The molecule has 1 aliphatic rings. The molecule has 0 aliphatic carbocycles. The zero-order valence-electron chi connectivity index (χ0n) is 21.9. The first-order chi connectivity index (χ1) is 19.2. The van der Waals surface area contributed by atoms with Gasteiger partial charge in [0, 0.05) is 30.6 Å². The average molecular weight is 562 g/mol. The number of ether oxygens (including phenoxy) is 2. The number of nitrogens with zero attached hydrogens (tertiary/aromatic N) is 2. The van der Waals surface area contributed by atoms with Gasteiger partial charge < -0.3 is 14.5 Å². The number of carbonyl (C=O) groups is 3. The Morgan fingerprint density at radius 2 is 1.68 bits per heavy atom. The van der Waals surface area contributed by atoms with Gasteiger partial charge in [0.1, 0.15) is 17.5 Å². The smallest absolute Gasteiger partial charge is 0.308 e. The number of hydrogen-bond acceptors (Lipinski definition) is 7. The van der Waals surface area contributed by atoms with Gasteiger partial charge in [0.15, 0.2) is 0 Å². The van der Waals surface area contributed by atoms with Crippen molar-refractivity contribution in [1.29, 1.82) is 0 Å². The monoisotopic (exact) mass is 561 g/mol. The van der Waals surface area contributed by atoms with Crippen molar-refractivity contribution in [2.45, 2.75) is 30.7 Å². The molecule has 0 bridgehead atoms. The maximum atomic E-state index is 13.9. The summed E-state index contributed by atoms with van der Waals surface area (Å²) in [6.07, 6.45) is 1.82. The number of anilines is 1. The minimum Gasteiger partial charge on any atom is -0.497 e. The van der Waals surface area contributed by atoms with Crippen molar-refractivity contribution >= 4 is 44.4 Å². The van der Waals surface area contributed by atoms with Crippen molar-refractivity contribution in [3.63, 3.8) is 0 Å². The molecule has 1 unspecified atom stereocenters. The summed E-state index contributed by atoms with van der Waals surface area (Å²) in [6.45, 7) is 1.24. The van der Waals surface area contributed by atoms with Crippen LogP contribution in [0.2, 0.25) is 0 Å². The highest BCUT2D eigenvalue weighted by molar-refractivity contribution is 7.89. The molecular formula is C29H27N3O7S. The van der Waals surface area contributed by atoms with Crippen LogP contribution in [0, 0.1) is 0 Å². The highest BCUT2D eigenvalue weighted by Crippen LogP contribution is 2.31. The molecule has 4 aromatic rings. The fourth-order valence-corrected chi connectivity index (χ4v) is 6.42. The number of H-pyrrole nitrogens is 1. The molecule has 5 rings (SSSR count). The normalized spacial score (nSPS) is 15.7. The van der Waals surface area contributed by atoms with Gasteiger partial charge in [-0.3, -0.25) is 14.4 Å². The molecule has 1 fully saturated rings. The van der Waals surface area contributed by atoms with E-state index >= 15 is 0 Å². The third-order valence-electron chi connectivity index (χ3n) is 6.77. The van der Waals surface area contributed by atoms with E-state index in [0.717, 1.165) is 25.7 Å². The molecule has 0 radical (unpaired) electrons. The fourth-order valence-electron chi connectivity index (χ4n) is 4.84. The topological polar surface area (TPSA) is 126 Å². The number of imide groups is 1. The number of nitrogens with one attached hydrogen (secondary N) is 1. The van der Waals surface area contributed by atoms with Crippen molar-refractivity contribution in [3.05, 3.63) is 84.6 Å². The minimum atomic E-state index is -4.19. The quantitative estimate of drug-likeness (QED) is 0.188. The van der Waals surface area contributed by atoms with E-state index in [2.05, 4.69) is 4.98 Å². The predicted octanol–water partition coefficient (Wildman–Crippen LogP) is 3.67. The van der Waals surface area contributed by atoms with E-state index in [1.807, 2.05) is 30.5 Å². The molecule has 1 aromatic heterocycles. The summed E-state index contributed by atoms with van der Waals surface area (Å²) >= 11 is 0. The number of amides is 2. The van der Waals surface area contributed by atoms with E-state index in [9.17, 15) is 22.8 Å². The molecule has 40 heavy (non-hydrogen) atoms. The lowest BCUT2D eigenvalue weighted by Gasteiger charge is -2.27. The van der Waals surface area contributed by atoms with Crippen LogP contribution in [0.1, 0.15) is 18.9 Å².